The van der Waals surface area contributed by atoms with Crippen LogP contribution in [-0.4, -0.2) is 57.9 Å². The normalized spacial score (nSPS) is 15.2. The van der Waals surface area contributed by atoms with E-state index in [-0.39, 0.29) is 11.9 Å². The van der Waals surface area contributed by atoms with Crippen molar-refractivity contribution in [1.29, 1.82) is 0 Å². The molecule has 0 N–H and O–H groups in total. The monoisotopic (exact) mass is 537 g/mol. The molecule has 0 aliphatic carbocycles. The summed E-state index contributed by atoms with van der Waals surface area (Å²) in [6.45, 7) is 6.47. The Balaban J connectivity index is 1.54. The molecule has 4 rings (SSSR count). The minimum atomic E-state index is -4.40. The number of hydrogen-bond acceptors (Lipinski definition) is 5. The van der Waals surface area contributed by atoms with Gasteiger partial charge in [-0.05, 0) is 74.7 Å². The van der Waals surface area contributed by atoms with Gasteiger partial charge in [0.1, 0.15) is 5.82 Å². The number of anilines is 2. The summed E-state index contributed by atoms with van der Waals surface area (Å²) in [6, 6.07) is 14.8. The maximum Gasteiger partial charge on any atom is 0.416 e. The van der Waals surface area contributed by atoms with Crippen molar-refractivity contribution in [2.45, 2.75) is 51.5 Å². The van der Waals surface area contributed by atoms with Crippen molar-refractivity contribution in [1.82, 2.24) is 19.8 Å². The number of carbonyl (C=O) groups is 1. The van der Waals surface area contributed by atoms with Crippen LogP contribution in [0.4, 0.5) is 24.7 Å². The van der Waals surface area contributed by atoms with E-state index in [1.165, 1.54) is 18.2 Å². The van der Waals surface area contributed by atoms with Crippen LogP contribution >= 0.6 is 0 Å². The molecule has 1 aliphatic heterocycles. The van der Waals surface area contributed by atoms with Crippen molar-refractivity contribution >= 4 is 23.5 Å². The molecule has 0 unspecified atom stereocenters. The highest BCUT2D eigenvalue weighted by Gasteiger charge is 2.30. The topological polar surface area (TPSA) is 52.6 Å². The van der Waals surface area contributed by atoms with Crippen LogP contribution in [0.15, 0.2) is 73.1 Å². The summed E-state index contributed by atoms with van der Waals surface area (Å²) in [7, 11) is 1.93. The fourth-order valence-corrected chi connectivity index (χ4v) is 4.76. The average molecular weight is 538 g/mol. The van der Waals surface area contributed by atoms with Gasteiger partial charge >= 0.3 is 6.18 Å². The van der Waals surface area contributed by atoms with Gasteiger partial charge in [-0.2, -0.15) is 13.2 Å². The molecule has 1 aliphatic rings. The van der Waals surface area contributed by atoms with E-state index in [0.29, 0.717) is 18.2 Å². The average Bonchev–Trinajstić information content (AvgIpc) is 2.94. The van der Waals surface area contributed by atoms with Crippen molar-refractivity contribution < 1.29 is 18.0 Å². The van der Waals surface area contributed by atoms with Gasteiger partial charge in [0.2, 0.25) is 5.91 Å². The first-order valence-corrected chi connectivity index (χ1v) is 13.1. The Labute approximate surface area is 227 Å². The van der Waals surface area contributed by atoms with Crippen molar-refractivity contribution in [3.8, 4) is 0 Å². The Bertz CT molecular complexity index is 1250. The fraction of sp³-hybridized carbons (Fsp3) is 0.367. The van der Waals surface area contributed by atoms with Gasteiger partial charge in [-0.3, -0.25) is 9.78 Å². The molecule has 0 spiro atoms. The molecule has 3 aromatic rings. The summed E-state index contributed by atoms with van der Waals surface area (Å²) in [6.07, 6.45) is 3.76. The third kappa shape index (κ3) is 7.44. The molecule has 2 aromatic heterocycles. The van der Waals surface area contributed by atoms with E-state index in [9.17, 15) is 18.0 Å². The van der Waals surface area contributed by atoms with Gasteiger partial charge in [-0.1, -0.05) is 18.2 Å². The molecule has 39 heavy (non-hydrogen) atoms. The second-order valence-electron chi connectivity index (χ2n) is 10.0. The number of amides is 1. The molecule has 0 radical (unpaired) electrons. The molecule has 0 saturated carbocycles. The van der Waals surface area contributed by atoms with E-state index in [1.807, 2.05) is 47.2 Å². The Kier molecular flexibility index (Phi) is 9.01. The fourth-order valence-electron chi connectivity index (χ4n) is 4.76. The second-order valence-corrected chi connectivity index (χ2v) is 10.0. The molecule has 206 valence electrons. The lowest BCUT2D eigenvalue weighted by Crippen LogP contribution is -2.48. The number of halogens is 3. The number of aromatic nitrogens is 2. The number of hydrogen-bond donors (Lipinski definition) is 0. The van der Waals surface area contributed by atoms with Crippen molar-refractivity contribution in [3.05, 3.63) is 89.9 Å². The first-order valence-electron chi connectivity index (χ1n) is 13.1. The highest BCUT2D eigenvalue weighted by atomic mass is 19.4. The number of pyridine rings is 2. The van der Waals surface area contributed by atoms with Crippen LogP contribution < -0.4 is 4.90 Å². The maximum absolute atomic E-state index is 13.5. The Morgan fingerprint density at radius 3 is 2.33 bits per heavy atom. The lowest BCUT2D eigenvalue weighted by Gasteiger charge is -2.39. The standard InChI is InChI=1S/C30H34F3N5O/c1-22(2)37-19-15-27(16-20-37)38(29(39)12-9-23-7-10-24(11-8-23)30(31,32)33)21-25-5-4-6-28(35-25)36(3)26-13-17-34-18-14-26/h4-14,17-18,22,27H,15-16,19-21H2,1-3H3. The zero-order valence-electron chi connectivity index (χ0n) is 22.5. The molecule has 0 atom stereocenters. The SMILES string of the molecule is CC(C)N1CCC(N(Cc2cccc(N(C)c3ccncc3)n2)C(=O)C=Cc2ccc(C(F)(F)F)cc2)CC1. The minimum absolute atomic E-state index is 0.0353. The predicted octanol–water partition coefficient (Wildman–Crippen LogP) is 6.18. The van der Waals surface area contributed by atoms with Crippen molar-refractivity contribution in [2.24, 2.45) is 0 Å². The van der Waals surface area contributed by atoms with E-state index >= 15 is 0 Å². The van der Waals surface area contributed by atoms with Crippen LogP contribution in [-0.2, 0) is 17.5 Å². The van der Waals surface area contributed by atoms with Crippen LogP contribution in [0.3, 0.4) is 0 Å². The molecule has 1 fully saturated rings. The van der Waals surface area contributed by atoms with E-state index in [0.717, 1.165) is 55.3 Å². The number of alkyl halides is 3. The molecular formula is C30H34F3N5O. The quantitative estimate of drug-likeness (QED) is 0.321. The summed E-state index contributed by atoms with van der Waals surface area (Å²) >= 11 is 0. The number of rotatable bonds is 8. The lowest BCUT2D eigenvalue weighted by atomic mass is 10.0. The zero-order chi connectivity index (χ0) is 28.0. The van der Waals surface area contributed by atoms with Gasteiger partial charge in [0, 0.05) is 56.4 Å². The van der Waals surface area contributed by atoms with Crippen LogP contribution in [0.5, 0.6) is 0 Å². The van der Waals surface area contributed by atoms with Gasteiger partial charge in [-0.15, -0.1) is 0 Å². The van der Waals surface area contributed by atoms with E-state index < -0.39 is 11.7 Å². The number of carbonyl (C=O) groups excluding carboxylic acids is 1. The first kappa shape index (κ1) is 28.3. The third-order valence-electron chi connectivity index (χ3n) is 7.13. The van der Waals surface area contributed by atoms with Crippen molar-refractivity contribution in [3.63, 3.8) is 0 Å². The number of likely N-dealkylation sites (tertiary alicyclic amines) is 1. The number of piperidine rings is 1. The molecule has 1 aromatic carbocycles. The molecule has 9 heteroatoms. The minimum Gasteiger partial charge on any atom is -0.330 e. The smallest absolute Gasteiger partial charge is 0.330 e. The maximum atomic E-state index is 13.5. The van der Waals surface area contributed by atoms with Crippen LogP contribution in [0, 0.1) is 0 Å². The van der Waals surface area contributed by atoms with Gasteiger partial charge in [0.15, 0.2) is 0 Å². The Morgan fingerprint density at radius 2 is 1.72 bits per heavy atom. The number of nitrogens with zero attached hydrogens (tertiary/aromatic N) is 5. The largest absolute Gasteiger partial charge is 0.416 e. The van der Waals surface area contributed by atoms with Gasteiger partial charge in [-0.25, -0.2) is 4.98 Å². The molecule has 1 amide bonds. The summed E-state index contributed by atoms with van der Waals surface area (Å²) in [4.78, 5) is 28.6. The summed E-state index contributed by atoms with van der Waals surface area (Å²) in [5.74, 6) is 0.564. The molecule has 3 heterocycles. The summed E-state index contributed by atoms with van der Waals surface area (Å²) < 4.78 is 38.7. The van der Waals surface area contributed by atoms with Gasteiger partial charge in [0.05, 0.1) is 17.8 Å². The van der Waals surface area contributed by atoms with Crippen LogP contribution in [0.1, 0.15) is 43.5 Å². The molecule has 0 bridgehead atoms. The van der Waals surface area contributed by atoms with Crippen LogP contribution in [0.2, 0.25) is 0 Å². The van der Waals surface area contributed by atoms with Crippen molar-refractivity contribution in [2.75, 3.05) is 25.0 Å². The Hall–Kier alpha value is -3.72. The second kappa shape index (κ2) is 12.4. The zero-order valence-corrected chi connectivity index (χ0v) is 22.5. The predicted molar refractivity (Wildman–Crippen MR) is 147 cm³/mol. The molecule has 1 saturated heterocycles. The van der Waals surface area contributed by atoms with Crippen LogP contribution in [0.25, 0.3) is 6.08 Å². The lowest BCUT2D eigenvalue weighted by molar-refractivity contribution is -0.137. The molecular weight excluding hydrogens is 503 g/mol. The van der Waals surface area contributed by atoms with E-state index in [2.05, 4.69) is 23.7 Å². The Morgan fingerprint density at radius 1 is 1.05 bits per heavy atom. The third-order valence-corrected chi connectivity index (χ3v) is 7.13. The highest BCUT2D eigenvalue weighted by molar-refractivity contribution is 5.92. The summed E-state index contributed by atoms with van der Waals surface area (Å²) in [5, 5.41) is 0. The van der Waals surface area contributed by atoms with E-state index in [1.54, 1.807) is 18.5 Å². The van der Waals surface area contributed by atoms with E-state index in [4.69, 9.17) is 4.98 Å². The first-order chi connectivity index (χ1) is 18.6. The van der Waals surface area contributed by atoms with Gasteiger partial charge in [0.25, 0.3) is 0 Å². The van der Waals surface area contributed by atoms with Gasteiger partial charge < -0.3 is 14.7 Å². The highest BCUT2D eigenvalue weighted by Crippen LogP contribution is 2.29. The molecule has 6 nitrogen and oxygen atoms in total. The number of benzene rings is 1. The summed E-state index contributed by atoms with van der Waals surface area (Å²) in [5.41, 5.74) is 1.52.